The van der Waals surface area contributed by atoms with Gasteiger partial charge in [0.2, 0.25) is 11.7 Å². The van der Waals surface area contributed by atoms with Crippen molar-refractivity contribution < 1.29 is 13.7 Å². The van der Waals surface area contributed by atoms with E-state index < -0.39 is 5.82 Å². The second kappa shape index (κ2) is 4.68. The Hall–Kier alpha value is -1.66. The molecule has 90 valence electrons. The molecule has 0 aliphatic heterocycles. The Kier molecular flexibility index (Phi) is 3.26. The van der Waals surface area contributed by atoms with Crippen LogP contribution in [-0.4, -0.2) is 17.3 Å². The third-order valence-electron chi connectivity index (χ3n) is 2.11. The molecule has 0 saturated carbocycles. The summed E-state index contributed by atoms with van der Waals surface area (Å²) in [5, 5.41) is 3.88. The summed E-state index contributed by atoms with van der Waals surface area (Å²) in [5.74, 6) is 0.133. The molecule has 2 rings (SSSR count). The molecule has 17 heavy (non-hydrogen) atoms. The smallest absolute Gasteiger partial charge is 0.240 e. The Labute approximate surface area is 101 Å². The van der Waals surface area contributed by atoms with Gasteiger partial charge in [-0.1, -0.05) is 16.8 Å². The van der Waals surface area contributed by atoms with E-state index in [1.807, 2.05) is 0 Å². The van der Waals surface area contributed by atoms with Gasteiger partial charge in [0, 0.05) is 11.6 Å². The molecule has 0 spiro atoms. The first-order chi connectivity index (χ1) is 8.15. The van der Waals surface area contributed by atoms with Crippen molar-refractivity contribution in [2.75, 3.05) is 7.11 Å². The van der Waals surface area contributed by atoms with E-state index in [9.17, 15) is 4.39 Å². The van der Waals surface area contributed by atoms with E-state index in [1.165, 1.54) is 19.2 Å². The zero-order chi connectivity index (χ0) is 12.4. The molecular formula is C10H9ClFN3O2. The van der Waals surface area contributed by atoms with Crippen LogP contribution in [0.5, 0.6) is 5.75 Å². The largest absolute Gasteiger partial charge is 0.495 e. The van der Waals surface area contributed by atoms with Gasteiger partial charge in [0.1, 0.15) is 11.6 Å². The zero-order valence-corrected chi connectivity index (χ0v) is 9.66. The highest BCUT2D eigenvalue weighted by atomic mass is 35.5. The van der Waals surface area contributed by atoms with E-state index in [2.05, 4.69) is 10.1 Å². The lowest BCUT2D eigenvalue weighted by molar-refractivity contribution is 0.380. The van der Waals surface area contributed by atoms with Crippen molar-refractivity contribution in [3.05, 3.63) is 28.9 Å². The minimum atomic E-state index is -0.500. The maximum atomic E-state index is 13.3. The van der Waals surface area contributed by atoms with Crippen LogP contribution in [0.15, 0.2) is 16.7 Å². The lowest BCUT2D eigenvalue weighted by atomic mass is 10.2. The minimum Gasteiger partial charge on any atom is -0.495 e. The van der Waals surface area contributed by atoms with Crippen molar-refractivity contribution in [1.29, 1.82) is 0 Å². The monoisotopic (exact) mass is 257 g/mol. The SMILES string of the molecule is COc1cc(F)cc(-c2noc(CN)n2)c1Cl. The summed E-state index contributed by atoms with van der Waals surface area (Å²) >= 11 is 6.02. The van der Waals surface area contributed by atoms with Crippen molar-refractivity contribution in [3.8, 4) is 17.1 Å². The van der Waals surface area contributed by atoms with Crippen LogP contribution in [0.2, 0.25) is 5.02 Å². The van der Waals surface area contributed by atoms with Crippen molar-refractivity contribution in [3.63, 3.8) is 0 Å². The number of ether oxygens (including phenoxy) is 1. The van der Waals surface area contributed by atoms with Crippen molar-refractivity contribution >= 4 is 11.6 Å². The molecular weight excluding hydrogens is 249 g/mol. The zero-order valence-electron chi connectivity index (χ0n) is 8.91. The van der Waals surface area contributed by atoms with Gasteiger partial charge in [-0.3, -0.25) is 0 Å². The van der Waals surface area contributed by atoms with Crippen molar-refractivity contribution in [2.45, 2.75) is 6.54 Å². The fraction of sp³-hybridized carbons (Fsp3) is 0.200. The number of hydrogen-bond donors (Lipinski definition) is 1. The van der Waals surface area contributed by atoms with E-state index in [4.69, 9.17) is 26.6 Å². The molecule has 0 aliphatic carbocycles. The molecule has 0 atom stereocenters. The summed E-state index contributed by atoms with van der Waals surface area (Å²) in [6.45, 7) is 0.108. The van der Waals surface area contributed by atoms with E-state index in [0.29, 0.717) is 5.56 Å². The van der Waals surface area contributed by atoms with Gasteiger partial charge in [0.15, 0.2) is 0 Å². The van der Waals surface area contributed by atoms with E-state index in [-0.39, 0.29) is 29.0 Å². The highest BCUT2D eigenvalue weighted by Gasteiger charge is 2.16. The number of rotatable bonds is 3. The third kappa shape index (κ3) is 2.22. The molecule has 0 amide bonds. The Morgan fingerprint density at radius 1 is 1.53 bits per heavy atom. The second-order valence-corrected chi connectivity index (χ2v) is 3.56. The van der Waals surface area contributed by atoms with Crippen molar-refractivity contribution in [2.24, 2.45) is 5.73 Å². The summed E-state index contributed by atoms with van der Waals surface area (Å²) in [6.07, 6.45) is 0. The minimum absolute atomic E-state index is 0.108. The first-order valence-electron chi connectivity index (χ1n) is 4.71. The lowest BCUT2D eigenvalue weighted by Crippen LogP contribution is -1.96. The Bertz CT molecular complexity index is 544. The predicted octanol–water partition coefficient (Wildman–Crippen LogP) is 2.00. The lowest BCUT2D eigenvalue weighted by Gasteiger charge is -2.05. The molecule has 1 aromatic heterocycles. The van der Waals surface area contributed by atoms with Crippen LogP contribution >= 0.6 is 11.6 Å². The summed E-state index contributed by atoms with van der Waals surface area (Å²) in [7, 11) is 1.39. The molecule has 0 radical (unpaired) electrons. The molecule has 0 aliphatic rings. The summed E-state index contributed by atoms with van der Waals surface area (Å²) in [6, 6.07) is 2.38. The average Bonchev–Trinajstić information content (AvgIpc) is 2.80. The van der Waals surface area contributed by atoms with Gasteiger partial charge in [0.25, 0.3) is 0 Å². The topological polar surface area (TPSA) is 74.2 Å². The second-order valence-electron chi connectivity index (χ2n) is 3.19. The predicted molar refractivity (Wildman–Crippen MR) is 59.1 cm³/mol. The summed E-state index contributed by atoms with van der Waals surface area (Å²) in [4.78, 5) is 3.97. The number of nitrogens with two attached hydrogens (primary N) is 1. The number of halogens is 2. The Morgan fingerprint density at radius 3 is 2.88 bits per heavy atom. The molecule has 0 fully saturated rings. The maximum Gasteiger partial charge on any atom is 0.240 e. The van der Waals surface area contributed by atoms with Gasteiger partial charge < -0.3 is 15.0 Å². The van der Waals surface area contributed by atoms with Gasteiger partial charge in [-0.2, -0.15) is 4.98 Å². The molecule has 1 aromatic carbocycles. The number of aromatic nitrogens is 2. The third-order valence-corrected chi connectivity index (χ3v) is 2.50. The van der Waals surface area contributed by atoms with E-state index >= 15 is 0 Å². The van der Waals surface area contributed by atoms with Crippen LogP contribution in [0.25, 0.3) is 11.4 Å². The average molecular weight is 258 g/mol. The quantitative estimate of drug-likeness (QED) is 0.910. The van der Waals surface area contributed by atoms with Crippen molar-refractivity contribution in [1.82, 2.24) is 10.1 Å². The van der Waals surface area contributed by atoms with Crippen LogP contribution in [-0.2, 0) is 6.54 Å². The molecule has 7 heteroatoms. The normalized spacial score (nSPS) is 10.6. The summed E-state index contributed by atoms with van der Waals surface area (Å²) in [5.41, 5.74) is 5.64. The van der Waals surface area contributed by atoms with Gasteiger partial charge in [-0.25, -0.2) is 4.39 Å². The Balaban J connectivity index is 2.54. The molecule has 5 nitrogen and oxygen atoms in total. The van der Waals surface area contributed by atoms with Gasteiger partial charge in [-0.05, 0) is 6.07 Å². The number of hydrogen-bond acceptors (Lipinski definition) is 5. The first kappa shape index (κ1) is 11.8. The van der Waals surface area contributed by atoms with Gasteiger partial charge >= 0.3 is 0 Å². The molecule has 0 bridgehead atoms. The number of nitrogens with zero attached hydrogens (tertiary/aromatic N) is 2. The van der Waals surface area contributed by atoms with Crippen LogP contribution < -0.4 is 10.5 Å². The number of methoxy groups -OCH3 is 1. The van der Waals surface area contributed by atoms with E-state index in [1.54, 1.807) is 0 Å². The standard InChI is InChI=1S/C10H9ClFN3O2/c1-16-7-3-5(12)2-6(9(7)11)10-14-8(4-13)17-15-10/h2-3H,4,13H2,1H3. The fourth-order valence-corrected chi connectivity index (χ4v) is 1.59. The number of benzene rings is 1. The van der Waals surface area contributed by atoms with Crippen LogP contribution in [0, 0.1) is 5.82 Å². The van der Waals surface area contributed by atoms with Crippen LogP contribution in [0.4, 0.5) is 4.39 Å². The maximum absolute atomic E-state index is 13.3. The van der Waals surface area contributed by atoms with Gasteiger partial charge in [-0.15, -0.1) is 0 Å². The fourth-order valence-electron chi connectivity index (χ4n) is 1.32. The van der Waals surface area contributed by atoms with Crippen LogP contribution in [0.1, 0.15) is 5.89 Å². The Morgan fingerprint density at radius 2 is 2.29 bits per heavy atom. The molecule has 0 unspecified atom stereocenters. The highest BCUT2D eigenvalue weighted by Crippen LogP contribution is 2.34. The molecule has 2 aromatic rings. The molecule has 1 heterocycles. The van der Waals surface area contributed by atoms with Gasteiger partial charge in [0.05, 0.1) is 18.7 Å². The van der Waals surface area contributed by atoms with E-state index in [0.717, 1.165) is 0 Å². The van der Waals surface area contributed by atoms with Crippen LogP contribution in [0.3, 0.4) is 0 Å². The highest BCUT2D eigenvalue weighted by molar-refractivity contribution is 6.34. The summed E-state index contributed by atoms with van der Waals surface area (Å²) < 4.78 is 23.1. The molecule has 0 saturated heterocycles. The first-order valence-corrected chi connectivity index (χ1v) is 5.09. The molecule has 2 N–H and O–H groups in total.